The standard InChI is InChI=1S/C29H38N2O6/c1-28(2,3)37-27(33)31-22(19-36-29(31,4)5)24(34-6)23-25(35-18-21-15-11-8-12-16-21)26(32)30(23)17-20-13-9-7-10-14-20/h7-16,22-25H,17-19H2,1-6H3/t22-,23-,24+,25+/m0/s1. The van der Waals surface area contributed by atoms with Crippen LogP contribution < -0.4 is 0 Å². The van der Waals surface area contributed by atoms with Crippen molar-refractivity contribution in [2.24, 2.45) is 0 Å². The molecule has 0 bridgehead atoms. The van der Waals surface area contributed by atoms with Gasteiger partial charge >= 0.3 is 6.09 Å². The van der Waals surface area contributed by atoms with Crippen molar-refractivity contribution in [3.63, 3.8) is 0 Å². The van der Waals surface area contributed by atoms with E-state index in [9.17, 15) is 9.59 Å². The summed E-state index contributed by atoms with van der Waals surface area (Å²) in [7, 11) is 1.60. The van der Waals surface area contributed by atoms with E-state index in [-0.39, 0.29) is 12.5 Å². The second-order valence-corrected chi connectivity index (χ2v) is 11.0. The molecule has 0 radical (unpaired) electrons. The lowest BCUT2D eigenvalue weighted by Crippen LogP contribution is -2.72. The van der Waals surface area contributed by atoms with E-state index in [1.807, 2.05) is 95.3 Å². The van der Waals surface area contributed by atoms with Gasteiger partial charge in [0.05, 0.1) is 25.3 Å². The van der Waals surface area contributed by atoms with Gasteiger partial charge in [-0.2, -0.15) is 0 Å². The van der Waals surface area contributed by atoms with Gasteiger partial charge in [-0.25, -0.2) is 4.79 Å². The molecule has 2 aromatic rings. The molecule has 200 valence electrons. The number of benzene rings is 2. The Balaban J connectivity index is 1.62. The van der Waals surface area contributed by atoms with E-state index >= 15 is 0 Å². The predicted octanol–water partition coefficient (Wildman–Crippen LogP) is 4.37. The first kappa shape index (κ1) is 27.1. The first-order chi connectivity index (χ1) is 17.5. The third kappa shape index (κ3) is 5.98. The Kier molecular flexibility index (Phi) is 7.92. The number of nitrogens with zero attached hydrogens (tertiary/aromatic N) is 2. The molecule has 2 aliphatic heterocycles. The SMILES string of the molecule is CO[C@@H]([C@H]1[C@@H](OCc2ccccc2)C(=O)N1Cc1ccccc1)[C@@H]1COC(C)(C)N1C(=O)OC(C)(C)C. The van der Waals surface area contributed by atoms with Crippen LogP contribution in [0.15, 0.2) is 60.7 Å². The molecule has 37 heavy (non-hydrogen) atoms. The normalized spacial score (nSPS) is 24.1. The number of rotatable bonds is 8. The third-order valence-corrected chi connectivity index (χ3v) is 6.76. The number of ether oxygens (including phenoxy) is 4. The molecule has 8 nitrogen and oxygen atoms in total. The highest BCUT2D eigenvalue weighted by Gasteiger charge is 2.58. The zero-order chi connectivity index (χ0) is 26.8. The molecule has 0 spiro atoms. The first-order valence-electron chi connectivity index (χ1n) is 12.7. The van der Waals surface area contributed by atoms with Crippen molar-refractivity contribution < 1.29 is 28.5 Å². The number of carbonyl (C=O) groups excluding carboxylic acids is 2. The van der Waals surface area contributed by atoms with E-state index in [1.54, 1.807) is 16.9 Å². The van der Waals surface area contributed by atoms with Crippen molar-refractivity contribution >= 4 is 12.0 Å². The quantitative estimate of drug-likeness (QED) is 0.491. The van der Waals surface area contributed by atoms with Crippen molar-refractivity contribution in [1.82, 2.24) is 9.80 Å². The van der Waals surface area contributed by atoms with Gasteiger partial charge in [-0.1, -0.05) is 60.7 Å². The number of hydrogen-bond donors (Lipinski definition) is 0. The van der Waals surface area contributed by atoms with E-state index in [2.05, 4.69) is 0 Å². The summed E-state index contributed by atoms with van der Waals surface area (Å²) in [4.78, 5) is 30.1. The number of amides is 2. The summed E-state index contributed by atoms with van der Waals surface area (Å²) in [6.45, 7) is 10.1. The molecule has 8 heteroatoms. The highest BCUT2D eigenvalue weighted by atomic mass is 16.6. The summed E-state index contributed by atoms with van der Waals surface area (Å²) < 4.78 is 24.0. The van der Waals surface area contributed by atoms with Crippen molar-refractivity contribution in [1.29, 1.82) is 0 Å². The third-order valence-electron chi connectivity index (χ3n) is 6.76. The van der Waals surface area contributed by atoms with Gasteiger partial charge in [0.15, 0.2) is 6.10 Å². The molecule has 2 heterocycles. The summed E-state index contributed by atoms with van der Waals surface area (Å²) in [5.74, 6) is -0.103. The van der Waals surface area contributed by atoms with Gasteiger partial charge in [0, 0.05) is 13.7 Å². The molecule has 2 amide bonds. The van der Waals surface area contributed by atoms with Gasteiger partial charge in [0.2, 0.25) is 0 Å². The van der Waals surface area contributed by atoms with Crippen LogP contribution in [0.1, 0.15) is 45.7 Å². The maximum atomic E-state index is 13.4. The van der Waals surface area contributed by atoms with Crippen molar-refractivity contribution in [2.45, 2.75) is 83.4 Å². The molecule has 2 saturated heterocycles. The van der Waals surface area contributed by atoms with Crippen LogP contribution in [0.4, 0.5) is 4.79 Å². The first-order valence-corrected chi connectivity index (χ1v) is 12.7. The Morgan fingerprint density at radius 2 is 1.65 bits per heavy atom. The Morgan fingerprint density at radius 1 is 1.05 bits per heavy atom. The number of hydrogen-bond acceptors (Lipinski definition) is 6. The minimum Gasteiger partial charge on any atom is -0.444 e. The lowest BCUT2D eigenvalue weighted by atomic mass is 9.87. The van der Waals surface area contributed by atoms with Crippen LogP contribution in [0.5, 0.6) is 0 Å². The van der Waals surface area contributed by atoms with Crippen LogP contribution in [0.25, 0.3) is 0 Å². The summed E-state index contributed by atoms with van der Waals surface area (Å²) >= 11 is 0. The zero-order valence-corrected chi connectivity index (χ0v) is 22.5. The zero-order valence-electron chi connectivity index (χ0n) is 22.5. The van der Waals surface area contributed by atoms with Crippen molar-refractivity contribution in [2.75, 3.05) is 13.7 Å². The smallest absolute Gasteiger partial charge is 0.412 e. The van der Waals surface area contributed by atoms with E-state index in [0.29, 0.717) is 13.2 Å². The van der Waals surface area contributed by atoms with E-state index < -0.39 is 41.7 Å². The van der Waals surface area contributed by atoms with E-state index in [0.717, 1.165) is 11.1 Å². The lowest BCUT2D eigenvalue weighted by molar-refractivity contribution is -0.194. The fourth-order valence-corrected chi connectivity index (χ4v) is 5.05. The molecule has 0 aromatic heterocycles. The largest absolute Gasteiger partial charge is 0.444 e. The molecule has 2 aliphatic rings. The average molecular weight is 511 g/mol. The Labute approximate surface area is 219 Å². The maximum absolute atomic E-state index is 13.4. The Morgan fingerprint density at radius 3 is 2.22 bits per heavy atom. The molecular weight excluding hydrogens is 472 g/mol. The summed E-state index contributed by atoms with van der Waals surface area (Å²) in [5, 5.41) is 0. The molecule has 0 saturated carbocycles. The van der Waals surface area contributed by atoms with Gasteiger partial charge in [-0.3, -0.25) is 9.69 Å². The van der Waals surface area contributed by atoms with Crippen molar-refractivity contribution in [3.05, 3.63) is 71.8 Å². The predicted molar refractivity (Wildman–Crippen MR) is 138 cm³/mol. The number of carbonyl (C=O) groups is 2. The fraction of sp³-hybridized carbons (Fsp3) is 0.517. The molecule has 0 aliphatic carbocycles. The highest BCUT2D eigenvalue weighted by Crippen LogP contribution is 2.38. The van der Waals surface area contributed by atoms with Crippen LogP contribution >= 0.6 is 0 Å². The highest BCUT2D eigenvalue weighted by molar-refractivity contribution is 5.88. The molecule has 2 aromatic carbocycles. The van der Waals surface area contributed by atoms with Crippen LogP contribution in [-0.4, -0.2) is 71.1 Å². The monoisotopic (exact) mass is 510 g/mol. The molecular formula is C29H38N2O6. The van der Waals surface area contributed by atoms with E-state index in [4.69, 9.17) is 18.9 Å². The van der Waals surface area contributed by atoms with Gasteiger partial charge in [-0.15, -0.1) is 0 Å². The van der Waals surface area contributed by atoms with Crippen LogP contribution in [0, 0.1) is 0 Å². The molecule has 0 unspecified atom stereocenters. The number of β-lactam (4-membered cyclic amide) rings is 1. The summed E-state index contributed by atoms with van der Waals surface area (Å²) in [6, 6.07) is 18.7. The molecule has 4 rings (SSSR count). The number of methoxy groups -OCH3 is 1. The van der Waals surface area contributed by atoms with Crippen LogP contribution in [-0.2, 0) is 36.9 Å². The van der Waals surface area contributed by atoms with Crippen molar-refractivity contribution in [3.8, 4) is 0 Å². The van der Waals surface area contributed by atoms with Gasteiger partial charge < -0.3 is 23.8 Å². The van der Waals surface area contributed by atoms with Gasteiger partial charge in [0.25, 0.3) is 5.91 Å². The molecule has 2 fully saturated rings. The molecule has 0 N–H and O–H groups in total. The second-order valence-electron chi connectivity index (χ2n) is 11.0. The minimum absolute atomic E-state index is 0.103. The molecule has 4 atom stereocenters. The van der Waals surface area contributed by atoms with Gasteiger partial charge in [0.1, 0.15) is 17.4 Å². The van der Waals surface area contributed by atoms with Crippen LogP contribution in [0.3, 0.4) is 0 Å². The second kappa shape index (κ2) is 10.8. The minimum atomic E-state index is -0.901. The maximum Gasteiger partial charge on any atom is 0.412 e. The summed E-state index contributed by atoms with van der Waals surface area (Å²) in [6.07, 6.45) is -1.75. The number of likely N-dealkylation sites (tertiary alicyclic amines) is 1. The lowest BCUT2D eigenvalue weighted by Gasteiger charge is -2.51. The van der Waals surface area contributed by atoms with Crippen LogP contribution in [0.2, 0.25) is 0 Å². The fourth-order valence-electron chi connectivity index (χ4n) is 5.05. The average Bonchev–Trinajstić information content (AvgIpc) is 3.17. The Bertz CT molecular complexity index is 1070. The van der Waals surface area contributed by atoms with Gasteiger partial charge in [-0.05, 0) is 45.7 Å². The Hall–Kier alpha value is -2.94. The summed E-state index contributed by atoms with van der Waals surface area (Å²) in [5.41, 5.74) is 0.410. The van der Waals surface area contributed by atoms with E-state index in [1.165, 1.54) is 0 Å². The topological polar surface area (TPSA) is 77.5 Å².